The van der Waals surface area contributed by atoms with Crippen LogP contribution < -0.4 is 5.32 Å². The zero-order valence-corrected chi connectivity index (χ0v) is 18.8. The molecule has 0 radical (unpaired) electrons. The van der Waals surface area contributed by atoms with Gasteiger partial charge in [-0.2, -0.15) is 0 Å². The number of rotatable bonds is 9. The fourth-order valence-corrected chi connectivity index (χ4v) is 4.16. The number of amides is 1. The third-order valence-corrected chi connectivity index (χ3v) is 5.45. The number of nitrogens with one attached hydrogen (secondary N) is 1. The molecule has 0 aliphatic heterocycles. The molecule has 3 aromatic rings. The molecular formula is C23H29N5OS. The third-order valence-electron chi connectivity index (χ3n) is 4.52. The van der Waals surface area contributed by atoms with Gasteiger partial charge in [0.15, 0.2) is 11.0 Å². The Morgan fingerprint density at radius 2 is 1.67 bits per heavy atom. The highest BCUT2D eigenvalue weighted by atomic mass is 32.2. The summed E-state index contributed by atoms with van der Waals surface area (Å²) in [5, 5.41) is 12.5. The molecule has 0 fully saturated rings. The molecule has 1 aromatic heterocycles. The van der Waals surface area contributed by atoms with E-state index in [2.05, 4.69) is 34.3 Å². The summed E-state index contributed by atoms with van der Waals surface area (Å²) in [6.07, 6.45) is 0. The second-order valence-electron chi connectivity index (χ2n) is 8.31. The minimum Gasteiger partial charge on any atom is -0.355 e. The Bertz CT molecular complexity index is 954. The molecule has 0 spiro atoms. The first-order valence-corrected chi connectivity index (χ1v) is 10.9. The number of benzene rings is 2. The molecule has 0 saturated heterocycles. The maximum atomic E-state index is 12.5. The molecule has 0 bridgehead atoms. The van der Waals surface area contributed by atoms with E-state index >= 15 is 0 Å². The lowest BCUT2D eigenvalue weighted by molar-refractivity contribution is -0.119. The monoisotopic (exact) mass is 423 g/mol. The quantitative estimate of drug-likeness (QED) is 0.532. The van der Waals surface area contributed by atoms with Crippen LogP contribution in [0.2, 0.25) is 0 Å². The lowest BCUT2D eigenvalue weighted by atomic mass is 9.93. The van der Waals surface area contributed by atoms with Crippen molar-refractivity contribution in [2.75, 3.05) is 32.9 Å². The second kappa shape index (κ2) is 9.91. The molecular weight excluding hydrogens is 394 g/mol. The molecule has 0 saturated carbocycles. The number of hydrogen-bond acceptors (Lipinski definition) is 5. The molecule has 7 heteroatoms. The topological polar surface area (TPSA) is 63.1 Å². The van der Waals surface area contributed by atoms with E-state index in [4.69, 9.17) is 0 Å². The number of carbonyl (C=O) groups excluding carboxylic acids is 1. The van der Waals surface area contributed by atoms with Gasteiger partial charge in [-0.3, -0.25) is 9.36 Å². The van der Waals surface area contributed by atoms with E-state index in [0.717, 1.165) is 23.6 Å². The van der Waals surface area contributed by atoms with Crippen LogP contribution >= 0.6 is 11.8 Å². The van der Waals surface area contributed by atoms with E-state index in [-0.39, 0.29) is 17.1 Å². The van der Waals surface area contributed by atoms with E-state index in [1.165, 1.54) is 11.8 Å². The molecule has 0 aliphatic carbocycles. The largest absolute Gasteiger partial charge is 0.355 e. The van der Waals surface area contributed by atoms with Crippen LogP contribution in [0, 0.1) is 5.41 Å². The number of nitrogens with zero attached hydrogens (tertiary/aromatic N) is 4. The minimum atomic E-state index is -0.00398. The Hall–Kier alpha value is -2.64. The smallest absolute Gasteiger partial charge is 0.230 e. The third kappa shape index (κ3) is 5.93. The average molecular weight is 424 g/mol. The highest BCUT2D eigenvalue weighted by Crippen LogP contribution is 2.27. The molecule has 2 aromatic carbocycles. The summed E-state index contributed by atoms with van der Waals surface area (Å²) in [5.74, 6) is 1.05. The molecule has 1 heterocycles. The highest BCUT2D eigenvalue weighted by molar-refractivity contribution is 7.99. The summed E-state index contributed by atoms with van der Waals surface area (Å²) in [6.45, 7) is 5.84. The van der Waals surface area contributed by atoms with E-state index in [9.17, 15) is 4.79 Å². The number of para-hydroxylation sites is 1. The molecule has 6 nitrogen and oxygen atoms in total. The summed E-state index contributed by atoms with van der Waals surface area (Å²) in [4.78, 5) is 14.6. The molecule has 0 aliphatic rings. The van der Waals surface area contributed by atoms with E-state index in [1.807, 2.05) is 79.3 Å². The van der Waals surface area contributed by atoms with Crippen molar-refractivity contribution < 1.29 is 4.79 Å². The van der Waals surface area contributed by atoms with Crippen molar-refractivity contribution in [3.63, 3.8) is 0 Å². The minimum absolute atomic E-state index is 0.00398. The Balaban J connectivity index is 1.74. The Kier molecular flexibility index (Phi) is 7.29. The van der Waals surface area contributed by atoms with Crippen LogP contribution in [-0.4, -0.2) is 58.5 Å². The van der Waals surface area contributed by atoms with Gasteiger partial charge >= 0.3 is 0 Å². The molecule has 1 amide bonds. The maximum absolute atomic E-state index is 12.5. The van der Waals surface area contributed by atoms with E-state index < -0.39 is 0 Å². The molecule has 0 atom stereocenters. The molecule has 30 heavy (non-hydrogen) atoms. The lowest BCUT2D eigenvalue weighted by Gasteiger charge is -2.28. The Morgan fingerprint density at radius 3 is 2.30 bits per heavy atom. The summed E-state index contributed by atoms with van der Waals surface area (Å²) in [7, 11) is 4.08. The second-order valence-corrected chi connectivity index (χ2v) is 9.25. The van der Waals surface area contributed by atoms with Gasteiger partial charge in [-0.1, -0.05) is 74.1 Å². The van der Waals surface area contributed by atoms with Crippen LogP contribution in [0.3, 0.4) is 0 Å². The predicted octanol–water partition coefficient (Wildman–Crippen LogP) is 3.73. The first-order valence-electron chi connectivity index (χ1n) is 9.96. The average Bonchev–Trinajstić information content (AvgIpc) is 3.15. The van der Waals surface area contributed by atoms with E-state index in [0.29, 0.717) is 11.7 Å². The van der Waals surface area contributed by atoms with Gasteiger partial charge in [0.2, 0.25) is 5.91 Å². The zero-order chi connectivity index (χ0) is 21.6. The Morgan fingerprint density at radius 1 is 1.03 bits per heavy atom. The Labute approximate surface area is 182 Å². The fraction of sp³-hybridized carbons (Fsp3) is 0.348. The number of aromatic nitrogens is 3. The maximum Gasteiger partial charge on any atom is 0.230 e. The first-order chi connectivity index (χ1) is 14.4. The van der Waals surface area contributed by atoms with Crippen LogP contribution in [0.5, 0.6) is 0 Å². The van der Waals surface area contributed by atoms with E-state index in [1.54, 1.807) is 0 Å². The summed E-state index contributed by atoms with van der Waals surface area (Å²) >= 11 is 1.40. The number of hydrogen-bond donors (Lipinski definition) is 1. The predicted molar refractivity (Wildman–Crippen MR) is 123 cm³/mol. The molecule has 0 unspecified atom stereocenters. The van der Waals surface area contributed by atoms with Gasteiger partial charge in [0, 0.05) is 24.3 Å². The van der Waals surface area contributed by atoms with Crippen LogP contribution in [0.15, 0.2) is 65.8 Å². The molecule has 3 rings (SSSR count). The van der Waals surface area contributed by atoms with Gasteiger partial charge in [0.25, 0.3) is 0 Å². The van der Waals surface area contributed by atoms with Gasteiger partial charge in [0.05, 0.1) is 5.75 Å². The molecule has 1 N–H and O–H groups in total. The van der Waals surface area contributed by atoms with Gasteiger partial charge < -0.3 is 10.2 Å². The van der Waals surface area contributed by atoms with Crippen molar-refractivity contribution in [3.8, 4) is 17.1 Å². The summed E-state index contributed by atoms with van der Waals surface area (Å²) < 4.78 is 2.00. The van der Waals surface area contributed by atoms with Gasteiger partial charge in [0.1, 0.15) is 0 Å². The van der Waals surface area contributed by atoms with Crippen molar-refractivity contribution in [1.82, 2.24) is 25.0 Å². The van der Waals surface area contributed by atoms with Crippen molar-refractivity contribution in [2.45, 2.75) is 19.0 Å². The SMILES string of the molecule is CN(C)CC(C)(C)CNC(=O)CSc1nnc(-c2ccccc2)n1-c1ccccc1. The van der Waals surface area contributed by atoms with Crippen molar-refractivity contribution in [2.24, 2.45) is 5.41 Å². The van der Waals surface area contributed by atoms with Crippen LogP contribution in [-0.2, 0) is 4.79 Å². The van der Waals surface area contributed by atoms with Gasteiger partial charge in [-0.15, -0.1) is 10.2 Å². The highest BCUT2D eigenvalue weighted by Gasteiger charge is 2.21. The normalized spacial score (nSPS) is 11.6. The van der Waals surface area contributed by atoms with Crippen molar-refractivity contribution >= 4 is 17.7 Å². The molecule has 158 valence electrons. The van der Waals surface area contributed by atoms with Crippen LogP contribution in [0.25, 0.3) is 17.1 Å². The van der Waals surface area contributed by atoms with Crippen LogP contribution in [0.1, 0.15) is 13.8 Å². The summed E-state index contributed by atoms with van der Waals surface area (Å²) in [5.41, 5.74) is 1.96. The number of carbonyl (C=O) groups is 1. The summed E-state index contributed by atoms with van der Waals surface area (Å²) in [6, 6.07) is 19.9. The number of thioether (sulfide) groups is 1. The van der Waals surface area contributed by atoms with Crippen molar-refractivity contribution in [1.29, 1.82) is 0 Å². The fourth-order valence-electron chi connectivity index (χ4n) is 3.38. The van der Waals surface area contributed by atoms with Crippen LogP contribution in [0.4, 0.5) is 0 Å². The first kappa shape index (κ1) is 22.1. The zero-order valence-electron chi connectivity index (χ0n) is 18.0. The van der Waals surface area contributed by atoms with Crippen molar-refractivity contribution in [3.05, 3.63) is 60.7 Å². The van der Waals surface area contributed by atoms with Gasteiger partial charge in [-0.25, -0.2) is 0 Å². The standard InChI is InChI=1S/C23H29N5OS/c1-23(2,17-27(3)4)16-24-20(29)15-30-22-26-25-21(18-11-7-5-8-12-18)28(22)19-13-9-6-10-14-19/h5-14H,15-17H2,1-4H3,(H,24,29). The van der Waals surface area contributed by atoms with Gasteiger partial charge in [-0.05, 0) is 31.6 Å². The lowest BCUT2D eigenvalue weighted by Crippen LogP contribution is -2.40.